The molecule has 0 saturated heterocycles. The fourth-order valence-electron chi connectivity index (χ4n) is 2.37. The van der Waals surface area contributed by atoms with Gasteiger partial charge in [-0.2, -0.15) is 0 Å². The lowest BCUT2D eigenvalue weighted by Gasteiger charge is -2.07. The van der Waals surface area contributed by atoms with Crippen molar-refractivity contribution in [1.82, 2.24) is 4.98 Å². The molecule has 3 rings (SSSR count). The smallest absolute Gasteiger partial charge is 0.255 e. The summed E-state index contributed by atoms with van der Waals surface area (Å²) in [7, 11) is -3.28. The summed E-state index contributed by atoms with van der Waals surface area (Å²) in [5, 5.41) is 2.68. The molecule has 0 aliphatic rings. The highest BCUT2D eigenvalue weighted by Crippen LogP contribution is 2.21. The Balaban J connectivity index is 1.75. The lowest BCUT2D eigenvalue weighted by atomic mass is 10.1. The third-order valence-corrected chi connectivity index (χ3v) is 4.85. The van der Waals surface area contributed by atoms with Gasteiger partial charge in [-0.1, -0.05) is 12.1 Å². The molecule has 5 nitrogen and oxygen atoms in total. The minimum atomic E-state index is -3.28. The highest BCUT2D eigenvalue weighted by Gasteiger charge is 2.10. The molecular formula is C19H15FN2O3S. The highest BCUT2D eigenvalue weighted by molar-refractivity contribution is 7.90. The lowest BCUT2D eigenvalue weighted by molar-refractivity contribution is 0.102. The van der Waals surface area contributed by atoms with Crippen LogP contribution >= 0.6 is 0 Å². The van der Waals surface area contributed by atoms with Gasteiger partial charge in [-0.3, -0.25) is 9.78 Å². The molecule has 1 heterocycles. The van der Waals surface area contributed by atoms with E-state index in [4.69, 9.17) is 0 Å². The first-order chi connectivity index (χ1) is 12.3. The molecule has 0 aliphatic heterocycles. The molecule has 0 bridgehead atoms. The second-order valence-corrected chi connectivity index (χ2v) is 7.68. The lowest BCUT2D eigenvalue weighted by Crippen LogP contribution is -2.11. The molecular weight excluding hydrogens is 355 g/mol. The van der Waals surface area contributed by atoms with Crippen molar-refractivity contribution < 1.29 is 17.6 Å². The summed E-state index contributed by atoms with van der Waals surface area (Å²) >= 11 is 0. The molecule has 2 aromatic carbocycles. The number of hydrogen-bond acceptors (Lipinski definition) is 4. The summed E-state index contributed by atoms with van der Waals surface area (Å²) in [5.41, 5.74) is 1.65. The molecule has 0 spiro atoms. The monoisotopic (exact) mass is 370 g/mol. The van der Waals surface area contributed by atoms with Gasteiger partial charge < -0.3 is 5.32 Å². The molecule has 0 atom stereocenters. The SMILES string of the molecule is CS(=O)(=O)c1ccc(NC(=O)c2ccc(-c3ncccc3F)cc2)cc1. The van der Waals surface area contributed by atoms with Gasteiger partial charge in [-0.05, 0) is 48.5 Å². The summed E-state index contributed by atoms with van der Waals surface area (Å²) in [6.45, 7) is 0. The van der Waals surface area contributed by atoms with Crippen LogP contribution in [0.1, 0.15) is 10.4 Å². The number of carbonyl (C=O) groups excluding carboxylic acids is 1. The maximum Gasteiger partial charge on any atom is 0.255 e. The zero-order chi connectivity index (χ0) is 18.7. The molecule has 26 heavy (non-hydrogen) atoms. The van der Waals surface area contributed by atoms with Gasteiger partial charge in [-0.25, -0.2) is 12.8 Å². The maximum atomic E-state index is 13.8. The maximum absolute atomic E-state index is 13.8. The van der Waals surface area contributed by atoms with E-state index in [-0.39, 0.29) is 16.5 Å². The number of hydrogen-bond donors (Lipinski definition) is 1. The Morgan fingerprint density at radius 1 is 1.00 bits per heavy atom. The van der Waals surface area contributed by atoms with Crippen molar-refractivity contribution in [3.05, 3.63) is 78.2 Å². The van der Waals surface area contributed by atoms with E-state index in [1.54, 1.807) is 24.3 Å². The Morgan fingerprint density at radius 2 is 1.65 bits per heavy atom. The zero-order valence-corrected chi connectivity index (χ0v) is 14.6. The highest BCUT2D eigenvalue weighted by atomic mass is 32.2. The largest absolute Gasteiger partial charge is 0.322 e. The third-order valence-electron chi connectivity index (χ3n) is 3.72. The molecule has 0 radical (unpaired) electrons. The van der Waals surface area contributed by atoms with Crippen LogP contribution in [0.3, 0.4) is 0 Å². The number of pyridine rings is 1. The number of halogens is 1. The van der Waals surface area contributed by atoms with Gasteiger partial charge in [0.25, 0.3) is 5.91 Å². The van der Waals surface area contributed by atoms with Gasteiger partial charge in [0.15, 0.2) is 9.84 Å². The van der Waals surface area contributed by atoms with E-state index >= 15 is 0 Å². The molecule has 132 valence electrons. The van der Waals surface area contributed by atoms with Crippen molar-refractivity contribution in [3.8, 4) is 11.3 Å². The Bertz CT molecular complexity index is 1050. The molecule has 0 aliphatic carbocycles. The second-order valence-electron chi connectivity index (χ2n) is 5.66. The summed E-state index contributed by atoms with van der Waals surface area (Å²) in [5.74, 6) is -0.791. The standard InChI is InChI=1S/C19H15FN2O3S/c1-26(24,25)16-10-8-15(9-11-16)22-19(23)14-6-4-13(5-7-14)18-17(20)3-2-12-21-18/h2-12H,1H3,(H,22,23). The fourth-order valence-corrected chi connectivity index (χ4v) is 3.00. The minimum absolute atomic E-state index is 0.178. The average molecular weight is 370 g/mol. The van der Waals surface area contributed by atoms with Crippen molar-refractivity contribution in [2.45, 2.75) is 4.90 Å². The minimum Gasteiger partial charge on any atom is -0.322 e. The molecule has 1 N–H and O–H groups in total. The molecule has 0 unspecified atom stereocenters. The molecule has 0 saturated carbocycles. The molecule has 1 amide bonds. The van der Waals surface area contributed by atoms with Crippen LogP contribution in [0.2, 0.25) is 0 Å². The predicted molar refractivity (Wildman–Crippen MR) is 97.1 cm³/mol. The quantitative estimate of drug-likeness (QED) is 0.762. The van der Waals surface area contributed by atoms with Gasteiger partial charge in [0.05, 0.1) is 4.90 Å². The van der Waals surface area contributed by atoms with Gasteiger partial charge in [0, 0.05) is 29.3 Å². The fraction of sp³-hybridized carbons (Fsp3) is 0.0526. The number of anilines is 1. The van der Waals surface area contributed by atoms with Crippen LogP contribution in [-0.2, 0) is 9.84 Å². The Morgan fingerprint density at radius 3 is 2.23 bits per heavy atom. The van der Waals surface area contributed by atoms with Gasteiger partial charge >= 0.3 is 0 Å². The Labute approximate surface area is 150 Å². The van der Waals surface area contributed by atoms with Crippen molar-refractivity contribution in [2.24, 2.45) is 0 Å². The van der Waals surface area contributed by atoms with E-state index in [1.165, 1.54) is 42.6 Å². The zero-order valence-electron chi connectivity index (χ0n) is 13.8. The van der Waals surface area contributed by atoms with Crippen LogP contribution < -0.4 is 5.32 Å². The van der Waals surface area contributed by atoms with Crippen LogP contribution in [0.5, 0.6) is 0 Å². The molecule has 7 heteroatoms. The number of nitrogens with zero attached hydrogens (tertiary/aromatic N) is 1. The van der Waals surface area contributed by atoms with Crippen LogP contribution in [0.4, 0.5) is 10.1 Å². The topological polar surface area (TPSA) is 76.1 Å². The van der Waals surface area contributed by atoms with Gasteiger partial charge in [0.1, 0.15) is 11.5 Å². The second kappa shape index (κ2) is 7.05. The molecule has 0 fully saturated rings. The molecule has 1 aromatic heterocycles. The molecule has 3 aromatic rings. The van der Waals surface area contributed by atoms with Crippen molar-refractivity contribution in [2.75, 3.05) is 11.6 Å². The van der Waals surface area contributed by atoms with Gasteiger partial charge in [-0.15, -0.1) is 0 Å². The first kappa shape index (κ1) is 17.8. The average Bonchev–Trinajstić information content (AvgIpc) is 2.62. The first-order valence-corrected chi connectivity index (χ1v) is 9.56. The van der Waals surface area contributed by atoms with Crippen LogP contribution in [0, 0.1) is 5.82 Å². The Kier molecular flexibility index (Phi) is 4.81. The number of rotatable bonds is 4. The first-order valence-electron chi connectivity index (χ1n) is 7.67. The van der Waals surface area contributed by atoms with Gasteiger partial charge in [0.2, 0.25) is 0 Å². The van der Waals surface area contributed by atoms with E-state index in [0.717, 1.165) is 6.26 Å². The normalized spacial score (nSPS) is 11.2. The number of nitrogens with one attached hydrogen (secondary N) is 1. The number of carbonyl (C=O) groups is 1. The van der Waals surface area contributed by atoms with E-state index in [2.05, 4.69) is 10.3 Å². The summed E-state index contributed by atoms with van der Waals surface area (Å²) in [6, 6.07) is 15.1. The predicted octanol–water partition coefficient (Wildman–Crippen LogP) is 3.54. The van der Waals surface area contributed by atoms with Crippen LogP contribution in [-0.4, -0.2) is 25.6 Å². The summed E-state index contributed by atoms with van der Waals surface area (Å²) < 4.78 is 36.6. The number of sulfone groups is 1. The van der Waals surface area contributed by atoms with Crippen LogP contribution in [0.25, 0.3) is 11.3 Å². The van der Waals surface area contributed by atoms with Crippen molar-refractivity contribution in [3.63, 3.8) is 0 Å². The van der Waals surface area contributed by atoms with E-state index < -0.39 is 15.7 Å². The summed E-state index contributed by atoms with van der Waals surface area (Å²) in [6.07, 6.45) is 2.62. The van der Waals surface area contributed by atoms with E-state index in [1.807, 2.05) is 0 Å². The third kappa shape index (κ3) is 3.94. The van der Waals surface area contributed by atoms with E-state index in [0.29, 0.717) is 16.8 Å². The number of benzene rings is 2. The van der Waals surface area contributed by atoms with Crippen LogP contribution in [0.15, 0.2) is 71.8 Å². The van der Waals surface area contributed by atoms with E-state index in [9.17, 15) is 17.6 Å². The van der Waals surface area contributed by atoms with Crippen molar-refractivity contribution in [1.29, 1.82) is 0 Å². The van der Waals surface area contributed by atoms with Crippen molar-refractivity contribution >= 4 is 21.4 Å². The summed E-state index contributed by atoms with van der Waals surface area (Å²) in [4.78, 5) is 16.5. The number of amides is 1. The Hall–Kier alpha value is -3.06. The number of aromatic nitrogens is 1.